The van der Waals surface area contributed by atoms with Crippen LogP contribution in [-0.2, 0) is 6.54 Å². The van der Waals surface area contributed by atoms with Gasteiger partial charge in [-0.1, -0.05) is 24.0 Å². The molecule has 0 radical (unpaired) electrons. The summed E-state index contributed by atoms with van der Waals surface area (Å²) in [6.07, 6.45) is 4.06. The molecule has 0 aliphatic carbocycles. The molecule has 3 rings (SSSR count). The molecule has 1 aromatic carbocycles. The first-order valence-electron chi connectivity index (χ1n) is 9.59. The third-order valence-electron chi connectivity index (χ3n) is 4.78. The Labute approximate surface area is 176 Å². The normalized spacial score (nSPS) is 17.8. The number of hydrogen-bond acceptors (Lipinski definition) is 5. The first kappa shape index (κ1) is 21.1. The molecule has 1 fully saturated rings. The van der Waals surface area contributed by atoms with Gasteiger partial charge in [0.25, 0.3) is 0 Å². The summed E-state index contributed by atoms with van der Waals surface area (Å²) in [5, 5.41) is 9.74. The van der Waals surface area contributed by atoms with Crippen LogP contribution in [0.3, 0.4) is 0 Å². The molecule has 1 aliphatic heterocycles. The number of carbonyl (C=O) groups is 1. The first-order valence-corrected chi connectivity index (χ1v) is 11.6. The summed E-state index contributed by atoms with van der Waals surface area (Å²) in [4.78, 5) is 18.7. The SMILES string of the molecule is CSc1ccc(C(=O)[C@H]2CCCN(Cc3ccc(C#CC(C)(C)O)s3)C2)cc1. The number of benzene rings is 1. The smallest absolute Gasteiger partial charge is 0.167 e. The highest BCUT2D eigenvalue weighted by Gasteiger charge is 2.26. The maximum absolute atomic E-state index is 12.9. The average molecular weight is 414 g/mol. The predicted molar refractivity (Wildman–Crippen MR) is 118 cm³/mol. The summed E-state index contributed by atoms with van der Waals surface area (Å²) in [6, 6.07) is 12.1. The summed E-state index contributed by atoms with van der Waals surface area (Å²) in [7, 11) is 0. The molecule has 3 nitrogen and oxygen atoms in total. The summed E-state index contributed by atoms with van der Waals surface area (Å²) < 4.78 is 0. The fourth-order valence-corrected chi connectivity index (χ4v) is 4.68. The van der Waals surface area contributed by atoms with Gasteiger partial charge in [-0.05, 0) is 63.8 Å². The number of piperidine rings is 1. The van der Waals surface area contributed by atoms with E-state index in [2.05, 4.69) is 22.8 Å². The maximum atomic E-state index is 12.9. The van der Waals surface area contributed by atoms with Gasteiger partial charge in [0.2, 0.25) is 0 Å². The van der Waals surface area contributed by atoms with Crippen molar-refractivity contribution in [3.8, 4) is 11.8 Å². The molecule has 1 saturated heterocycles. The van der Waals surface area contributed by atoms with Crippen LogP contribution in [0.4, 0.5) is 0 Å². The molecule has 2 aromatic rings. The Kier molecular flexibility index (Phi) is 7.00. The zero-order chi connectivity index (χ0) is 20.1. The molecule has 1 N–H and O–H groups in total. The summed E-state index contributed by atoms with van der Waals surface area (Å²) in [5.41, 5.74) is -0.150. The maximum Gasteiger partial charge on any atom is 0.167 e. The van der Waals surface area contributed by atoms with Crippen molar-refractivity contribution in [2.75, 3.05) is 19.3 Å². The summed E-state index contributed by atoms with van der Waals surface area (Å²) >= 11 is 3.35. The second-order valence-corrected chi connectivity index (χ2v) is 9.79. The van der Waals surface area contributed by atoms with E-state index in [1.807, 2.05) is 36.6 Å². The topological polar surface area (TPSA) is 40.5 Å². The third kappa shape index (κ3) is 5.96. The lowest BCUT2D eigenvalue weighted by Crippen LogP contribution is -2.38. The van der Waals surface area contributed by atoms with E-state index in [1.165, 1.54) is 9.77 Å². The molecule has 1 aromatic heterocycles. The molecule has 1 atom stereocenters. The van der Waals surface area contributed by atoms with Crippen molar-refractivity contribution in [1.29, 1.82) is 0 Å². The number of nitrogens with zero attached hydrogens (tertiary/aromatic N) is 1. The van der Waals surface area contributed by atoms with Gasteiger partial charge in [0.1, 0.15) is 5.60 Å². The van der Waals surface area contributed by atoms with Gasteiger partial charge >= 0.3 is 0 Å². The van der Waals surface area contributed by atoms with Crippen LogP contribution in [0.2, 0.25) is 0 Å². The molecule has 28 heavy (non-hydrogen) atoms. The van der Waals surface area contributed by atoms with Crippen LogP contribution in [0.5, 0.6) is 0 Å². The highest BCUT2D eigenvalue weighted by molar-refractivity contribution is 7.98. The molecule has 0 bridgehead atoms. The van der Waals surface area contributed by atoms with Crippen LogP contribution in [0.1, 0.15) is 46.8 Å². The number of likely N-dealkylation sites (tertiary alicyclic amines) is 1. The van der Waals surface area contributed by atoms with Gasteiger partial charge in [0, 0.05) is 34.3 Å². The van der Waals surface area contributed by atoms with E-state index in [1.54, 1.807) is 36.9 Å². The third-order valence-corrected chi connectivity index (χ3v) is 6.51. The molecule has 0 spiro atoms. The minimum Gasteiger partial charge on any atom is -0.378 e. The standard InChI is InChI=1S/C23H27NO2S2/c1-23(2,26)13-12-20-10-11-21(28-20)16-24-14-4-5-18(15-24)22(25)17-6-8-19(27-3)9-7-17/h6-11,18,26H,4-5,14-16H2,1-3H3/t18-/m0/s1. The van der Waals surface area contributed by atoms with Crippen molar-refractivity contribution in [3.05, 3.63) is 51.7 Å². The Morgan fingerprint density at radius 2 is 2.04 bits per heavy atom. The number of hydrogen-bond donors (Lipinski definition) is 1. The lowest BCUT2D eigenvalue weighted by atomic mass is 9.90. The number of thioether (sulfide) groups is 1. The largest absolute Gasteiger partial charge is 0.378 e. The van der Waals surface area contributed by atoms with Crippen LogP contribution in [0.15, 0.2) is 41.3 Å². The quantitative estimate of drug-likeness (QED) is 0.439. The van der Waals surface area contributed by atoms with Gasteiger partial charge < -0.3 is 5.11 Å². The number of rotatable bonds is 5. The van der Waals surface area contributed by atoms with Gasteiger partial charge in [0.15, 0.2) is 5.78 Å². The van der Waals surface area contributed by atoms with Gasteiger partial charge in [-0.25, -0.2) is 0 Å². The van der Waals surface area contributed by atoms with Gasteiger partial charge in [-0.15, -0.1) is 23.1 Å². The lowest BCUT2D eigenvalue weighted by Gasteiger charge is -2.31. The molecule has 0 unspecified atom stereocenters. The van der Waals surface area contributed by atoms with E-state index < -0.39 is 5.60 Å². The molecule has 0 amide bonds. The Morgan fingerprint density at radius 3 is 2.71 bits per heavy atom. The Morgan fingerprint density at radius 1 is 1.29 bits per heavy atom. The highest BCUT2D eigenvalue weighted by atomic mass is 32.2. The number of aliphatic hydroxyl groups is 1. The monoisotopic (exact) mass is 413 g/mol. The summed E-state index contributed by atoms with van der Waals surface area (Å²) in [6.45, 7) is 6.07. The second-order valence-electron chi connectivity index (χ2n) is 7.74. The van der Waals surface area contributed by atoms with Gasteiger partial charge in [0.05, 0.1) is 4.88 Å². The van der Waals surface area contributed by atoms with Crippen LogP contribution < -0.4 is 0 Å². The van der Waals surface area contributed by atoms with Gasteiger partial charge in [-0.3, -0.25) is 9.69 Å². The first-order chi connectivity index (χ1) is 13.3. The second kappa shape index (κ2) is 9.28. The highest BCUT2D eigenvalue weighted by Crippen LogP contribution is 2.25. The van der Waals surface area contributed by atoms with Gasteiger partial charge in [-0.2, -0.15) is 0 Å². The van der Waals surface area contributed by atoms with Crippen molar-refractivity contribution >= 4 is 28.9 Å². The number of thiophene rings is 1. The number of Topliss-reactive ketones (excluding diaryl/α,β-unsaturated/α-hetero) is 1. The molecule has 0 saturated carbocycles. The average Bonchev–Trinajstić information content (AvgIpc) is 3.13. The zero-order valence-corrected chi connectivity index (χ0v) is 18.3. The zero-order valence-electron chi connectivity index (χ0n) is 16.7. The van der Waals surface area contributed by atoms with E-state index in [0.717, 1.165) is 42.9 Å². The minimum atomic E-state index is -0.974. The lowest BCUT2D eigenvalue weighted by molar-refractivity contribution is 0.0812. The van der Waals surface area contributed by atoms with Crippen LogP contribution in [0.25, 0.3) is 0 Å². The number of ketones is 1. The number of carbonyl (C=O) groups excluding carboxylic acids is 1. The fourth-order valence-electron chi connectivity index (χ4n) is 3.37. The van der Waals surface area contributed by atoms with E-state index >= 15 is 0 Å². The van der Waals surface area contributed by atoms with E-state index in [0.29, 0.717) is 0 Å². The van der Waals surface area contributed by atoms with Crippen LogP contribution in [0, 0.1) is 17.8 Å². The van der Waals surface area contributed by atoms with E-state index in [9.17, 15) is 9.90 Å². The van der Waals surface area contributed by atoms with Crippen LogP contribution in [-0.4, -0.2) is 40.7 Å². The molecule has 2 heterocycles. The molecular formula is C23H27NO2S2. The fraction of sp³-hybridized carbons (Fsp3) is 0.435. The Hall–Kier alpha value is -1.58. The molecular weight excluding hydrogens is 386 g/mol. The van der Waals surface area contributed by atoms with Crippen molar-refractivity contribution < 1.29 is 9.90 Å². The molecule has 1 aliphatic rings. The Balaban J connectivity index is 1.61. The summed E-state index contributed by atoms with van der Waals surface area (Å²) in [5.74, 6) is 6.24. The van der Waals surface area contributed by atoms with Crippen molar-refractivity contribution in [3.63, 3.8) is 0 Å². The molecule has 148 valence electrons. The van der Waals surface area contributed by atoms with E-state index in [-0.39, 0.29) is 11.7 Å². The van der Waals surface area contributed by atoms with Crippen LogP contribution >= 0.6 is 23.1 Å². The Bertz CT molecular complexity index is 868. The van der Waals surface area contributed by atoms with Crippen molar-refractivity contribution in [2.45, 2.75) is 43.7 Å². The minimum absolute atomic E-state index is 0.0725. The molecule has 5 heteroatoms. The van der Waals surface area contributed by atoms with E-state index in [4.69, 9.17) is 0 Å². The predicted octanol–water partition coefficient (Wildman–Crippen LogP) is 4.69. The van der Waals surface area contributed by atoms with Crippen molar-refractivity contribution in [1.82, 2.24) is 4.90 Å². The van der Waals surface area contributed by atoms with Crippen molar-refractivity contribution in [2.24, 2.45) is 5.92 Å².